The molecule has 16 heteroatoms. The zero-order valence-electron chi connectivity index (χ0n) is 22.1. The molecular weight excluding hydrogens is 556 g/mol. The molecule has 0 aromatic carbocycles. The smallest absolute Gasteiger partial charge is 0.263 e. The predicted molar refractivity (Wildman–Crippen MR) is 151 cm³/mol. The Labute approximate surface area is 237 Å². The fourth-order valence-corrected chi connectivity index (χ4v) is 0.930. The van der Waals surface area contributed by atoms with E-state index in [9.17, 15) is 0 Å². The molecule has 3 atom stereocenters. The molecule has 0 amide bonds. The largest absolute Gasteiger partial charge is 0.396 e. The molecule has 13 nitrogen and oxygen atoms in total. The van der Waals surface area contributed by atoms with Crippen molar-refractivity contribution in [3.05, 3.63) is 0 Å². The van der Waals surface area contributed by atoms with Crippen molar-refractivity contribution < 1.29 is 66.4 Å². The van der Waals surface area contributed by atoms with Crippen LogP contribution in [0.4, 0.5) is 0 Å². The van der Waals surface area contributed by atoms with Gasteiger partial charge in [0.15, 0.2) is 12.6 Å². The van der Waals surface area contributed by atoms with Crippen LogP contribution < -0.4 is 0 Å². The summed E-state index contributed by atoms with van der Waals surface area (Å²) in [5, 5.41) is 104. The summed E-state index contributed by atoms with van der Waals surface area (Å²) in [5.41, 5.74) is 0. The first-order chi connectivity index (χ1) is 16.9. The fraction of sp³-hybridized carbons (Fsp3) is 1.00. The van der Waals surface area contributed by atoms with Crippen LogP contribution in [0.1, 0.15) is 59.8 Å². The average Bonchev–Trinajstić information content (AvgIpc) is 2.78. The van der Waals surface area contributed by atoms with E-state index in [-0.39, 0.29) is 48.6 Å². The summed E-state index contributed by atoms with van der Waals surface area (Å²) in [7, 11) is 0. The Bertz CT molecular complexity index is 318. The van der Waals surface area contributed by atoms with Crippen LogP contribution in [0.2, 0.25) is 0 Å². The lowest BCUT2D eigenvalue weighted by atomic mass is 10.1. The third kappa shape index (κ3) is 85.8. The number of aliphatic hydroxyl groups is 13. The van der Waals surface area contributed by atoms with E-state index in [2.05, 4.69) is 37.9 Å². The monoisotopic (exact) mass is 610 g/mol. The van der Waals surface area contributed by atoms with Gasteiger partial charge in [-0.15, -0.1) is 0 Å². The van der Waals surface area contributed by atoms with Gasteiger partial charge in [0.1, 0.15) is 6.10 Å². The highest BCUT2D eigenvalue weighted by Crippen LogP contribution is 2.10. The lowest BCUT2D eigenvalue weighted by molar-refractivity contribution is -0.198. The maximum Gasteiger partial charge on any atom is 0.263 e. The summed E-state index contributed by atoms with van der Waals surface area (Å²) >= 11 is 12.0. The number of rotatable bonds is 11. The first kappa shape index (κ1) is 50.4. The van der Waals surface area contributed by atoms with E-state index >= 15 is 0 Å². The van der Waals surface area contributed by atoms with Gasteiger partial charge in [-0.3, -0.25) is 0 Å². The number of hydrogen-bond donors (Lipinski definition) is 16. The second kappa shape index (κ2) is 41.0. The molecule has 13 N–H and O–H groups in total. The van der Waals surface area contributed by atoms with E-state index in [1.807, 2.05) is 13.8 Å². The molecular formula is C21H54O13S3. The molecule has 0 spiro atoms. The molecule has 0 aromatic heterocycles. The van der Waals surface area contributed by atoms with Crippen molar-refractivity contribution in [1.82, 2.24) is 0 Å². The number of hydrogen-bond acceptors (Lipinski definition) is 16. The molecule has 0 saturated heterocycles. The molecule has 0 aliphatic carbocycles. The number of thiol groups is 3. The van der Waals surface area contributed by atoms with Crippen LogP contribution in [0.3, 0.4) is 0 Å². The van der Waals surface area contributed by atoms with Crippen molar-refractivity contribution in [1.29, 1.82) is 0 Å². The molecule has 0 saturated carbocycles. The second-order valence-corrected chi connectivity index (χ2v) is 9.69. The molecule has 0 rings (SSSR count). The SMILES string of the molecule is CC(O)C(O)O.CC(O)CCC(O)O.CC(S)C(S)S.CCC(CO)CO.OC(O)O.OCCCCO. The van der Waals surface area contributed by atoms with Gasteiger partial charge in [0, 0.05) is 44.0 Å². The first-order valence-corrected chi connectivity index (χ1v) is 13.1. The Balaban J connectivity index is -0.0000000788. The molecule has 234 valence electrons. The van der Waals surface area contributed by atoms with Crippen molar-refractivity contribution in [3.63, 3.8) is 0 Å². The van der Waals surface area contributed by atoms with Crippen LogP contribution >= 0.6 is 37.9 Å². The van der Waals surface area contributed by atoms with Gasteiger partial charge in [-0.1, -0.05) is 13.8 Å². The maximum atomic E-state index is 8.58. The summed E-state index contributed by atoms with van der Waals surface area (Å²) in [6, 6.07) is 0. The normalized spacial score (nSPS) is 12.6. The Kier molecular flexibility index (Phi) is 55.8. The Morgan fingerprint density at radius 2 is 0.919 bits per heavy atom. The topological polar surface area (TPSA) is 263 Å². The van der Waals surface area contributed by atoms with Crippen molar-refractivity contribution in [2.75, 3.05) is 26.4 Å². The highest BCUT2D eigenvalue weighted by Gasteiger charge is 2.02. The lowest BCUT2D eigenvalue weighted by Crippen LogP contribution is -2.20. The van der Waals surface area contributed by atoms with Gasteiger partial charge >= 0.3 is 0 Å². The van der Waals surface area contributed by atoms with E-state index in [1.54, 1.807) is 6.92 Å². The first-order valence-electron chi connectivity index (χ1n) is 11.5. The van der Waals surface area contributed by atoms with Crippen LogP contribution in [0.5, 0.6) is 0 Å². The Morgan fingerprint density at radius 3 is 0.973 bits per heavy atom. The summed E-state index contributed by atoms with van der Waals surface area (Å²) in [5.74, 6) is 0.0972. The minimum atomic E-state index is -2.17. The molecule has 0 radical (unpaired) electrons. The molecule has 3 unspecified atom stereocenters. The maximum absolute atomic E-state index is 8.58. The minimum absolute atomic E-state index is 0.0972. The Morgan fingerprint density at radius 1 is 0.622 bits per heavy atom. The van der Waals surface area contributed by atoms with Gasteiger partial charge in [-0.25, -0.2) is 0 Å². The molecule has 0 fully saturated rings. The van der Waals surface area contributed by atoms with Crippen molar-refractivity contribution in [2.45, 2.75) is 101 Å². The van der Waals surface area contributed by atoms with Gasteiger partial charge in [-0.2, -0.15) is 37.9 Å². The average molecular weight is 611 g/mol. The van der Waals surface area contributed by atoms with Gasteiger partial charge in [0.25, 0.3) is 6.48 Å². The quantitative estimate of drug-likeness (QED) is 0.0663. The van der Waals surface area contributed by atoms with Gasteiger partial charge < -0.3 is 66.4 Å². The van der Waals surface area contributed by atoms with Gasteiger partial charge in [0.2, 0.25) is 0 Å². The number of aliphatic hydroxyl groups excluding tert-OH is 9. The summed E-state index contributed by atoms with van der Waals surface area (Å²) in [4.78, 5) is 0. The minimum Gasteiger partial charge on any atom is -0.396 e. The third-order valence-corrected chi connectivity index (χ3v) is 5.03. The molecule has 0 aliphatic heterocycles. The zero-order chi connectivity index (χ0) is 31.0. The van der Waals surface area contributed by atoms with E-state index in [4.69, 9.17) is 66.4 Å². The van der Waals surface area contributed by atoms with Crippen LogP contribution in [0, 0.1) is 5.92 Å². The Hall–Kier alpha value is 0.530. The van der Waals surface area contributed by atoms with E-state index < -0.39 is 31.3 Å². The van der Waals surface area contributed by atoms with Crippen LogP contribution in [-0.2, 0) is 0 Å². The molecule has 0 aromatic rings. The van der Waals surface area contributed by atoms with Crippen LogP contribution in [0.15, 0.2) is 0 Å². The highest BCUT2D eigenvalue weighted by molar-refractivity contribution is 8.00. The van der Waals surface area contributed by atoms with Crippen LogP contribution in [0.25, 0.3) is 0 Å². The summed E-state index contributed by atoms with van der Waals surface area (Å²) in [6.45, 7) is 5.24. The van der Waals surface area contributed by atoms with Gasteiger partial charge in [-0.05, 0) is 39.5 Å². The van der Waals surface area contributed by atoms with Crippen molar-refractivity contribution >= 4 is 37.9 Å². The number of unbranched alkanes of at least 4 members (excludes halogenated alkanes) is 1. The molecule has 0 bridgehead atoms. The summed E-state index contributed by atoms with van der Waals surface area (Å²) in [6.07, 6.45) is -1.36. The lowest BCUT2D eigenvalue weighted by Gasteiger charge is -2.03. The van der Waals surface area contributed by atoms with Crippen molar-refractivity contribution in [2.24, 2.45) is 5.92 Å². The standard InChI is InChI=1S/C5H12O3.C5H12O2.C4H10O2.C3H8O3.C3H8S3.CH4O3/c1-4(6)2-3-5(7)8;1-2-5(3-6)4-7;5-3-1-2-4-6;2*1-2(4)3(5)6;2-1(3)4/h4-8H,2-3H2,1H3;5-7H,2-4H2,1H3;5-6H,1-4H2;2*2-6H,1H3;1-4H. The zero-order valence-corrected chi connectivity index (χ0v) is 24.8. The molecule has 0 heterocycles. The van der Waals surface area contributed by atoms with E-state index in [1.165, 1.54) is 6.92 Å². The molecule has 37 heavy (non-hydrogen) atoms. The third-order valence-electron chi connectivity index (χ3n) is 3.37. The van der Waals surface area contributed by atoms with Crippen molar-refractivity contribution in [3.8, 4) is 0 Å². The summed E-state index contributed by atoms with van der Waals surface area (Å²) < 4.78 is 0.105. The van der Waals surface area contributed by atoms with E-state index in [0.29, 0.717) is 6.42 Å². The highest BCUT2D eigenvalue weighted by atomic mass is 32.2. The van der Waals surface area contributed by atoms with Crippen LogP contribution in [-0.4, -0.2) is 134 Å². The van der Waals surface area contributed by atoms with Gasteiger partial charge in [0.05, 0.1) is 10.7 Å². The predicted octanol–water partition coefficient (Wildman–Crippen LogP) is -2.38. The second-order valence-electron chi connectivity index (χ2n) is 7.36. The fourth-order valence-electron chi connectivity index (χ4n) is 0.930. The molecule has 0 aliphatic rings. The van der Waals surface area contributed by atoms with E-state index in [0.717, 1.165) is 19.3 Å².